The van der Waals surface area contributed by atoms with Crippen molar-refractivity contribution >= 4 is 6.16 Å². The lowest BCUT2D eigenvalue weighted by Crippen LogP contribution is -2.14. The number of hydrogen-bond donors (Lipinski definition) is 2. The summed E-state index contributed by atoms with van der Waals surface area (Å²) in [6.07, 6.45) is -0.453. The zero-order valence-corrected chi connectivity index (χ0v) is 10.7. The summed E-state index contributed by atoms with van der Waals surface area (Å²) in [5, 5.41) is 17.3. The molecule has 0 bridgehead atoms. The number of phenols is 2. The third-order valence-corrected chi connectivity index (χ3v) is 2.41. The van der Waals surface area contributed by atoms with Crippen molar-refractivity contribution in [1.29, 1.82) is 0 Å². The molecule has 3 rings (SSSR count). The molecule has 2 unspecified atom stereocenters. The summed E-state index contributed by atoms with van der Waals surface area (Å²) in [5.74, 6) is 0.176. The van der Waals surface area contributed by atoms with Gasteiger partial charge in [-0.1, -0.05) is 6.07 Å². The maximum absolute atomic E-state index is 10.8. The summed E-state index contributed by atoms with van der Waals surface area (Å²) in [4.78, 5) is 10.8. The average Bonchev–Trinajstić information content (AvgIpc) is 3.28. The Morgan fingerprint density at radius 2 is 1.55 bits per heavy atom. The van der Waals surface area contributed by atoms with Gasteiger partial charge in [-0.3, -0.25) is 0 Å². The van der Waals surface area contributed by atoms with E-state index in [2.05, 4.69) is 0 Å². The van der Waals surface area contributed by atoms with Gasteiger partial charge in [0.05, 0.1) is 13.2 Å². The molecular weight excluding hydrogens is 268 g/mol. The molecule has 2 aliphatic rings. The zero-order chi connectivity index (χ0) is 14.4. The molecule has 2 N–H and O–H groups in total. The third kappa shape index (κ3) is 6.26. The second-order valence-electron chi connectivity index (χ2n) is 4.30. The van der Waals surface area contributed by atoms with Crippen LogP contribution in [0.1, 0.15) is 0 Å². The molecule has 0 saturated carbocycles. The molecule has 2 fully saturated rings. The monoisotopic (exact) mass is 284 g/mol. The number of rotatable bonds is 4. The number of epoxide rings is 2. The van der Waals surface area contributed by atoms with Crippen LogP contribution in [0.15, 0.2) is 24.3 Å². The molecule has 2 aliphatic heterocycles. The lowest BCUT2D eigenvalue weighted by Gasteiger charge is -2.02. The first-order chi connectivity index (χ1) is 9.63. The van der Waals surface area contributed by atoms with E-state index in [1.807, 2.05) is 0 Å². The second-order valence-corrected chi connectivity index (χ2v) is 4.30. The van der Waals surface area contributed by atoms with E-state index in [4.69, 9.17) is 29.2 Å². The Kier molecular flexibility index (Phi) is 5.03. The lowest BCUT2D eigenvalue weighted by molar-refractivity contribution is 0.0461. The van der Waals surface area contributed by atoms with Crippen LogP contribution in [0.3, 0.4) is 0 Å². The van der Waals surface area contributed by atoms with Crippen LogP contribution >= 0.6 is 0 Å². The predicted octanol–water partition coefficient (Wildman–Crippen LogP) is 1.03. The van der Waals surface area contributed by atoms with Crippen LogP contribution < -0.4 is 0 Å². The molecule has 20 heavy (non-hydrogen) atoms. The van der Waals surface area contributed by atoms with Crippen molar-refractivity contribution in [2.45, 2.75) is 12.2 Å². The van der Waals surface area contributed by atoms with Crippen molar-refractivity contribution < 1.29 is 34.0 Å². The van der Waals surface area contributed by atoms with Gasteiger partial charge in [-0.2, -0.15) is 0 Å². The fourth-order valence-electron chi connectivity index (χ4n) is 1.19. The van der Waals surface area contributed by atoms with Crippen LogP contribution in [0, 0.1) is 0 Å². The molecule has 110 valence electrons. The van der Waals surface area contributed by atoms with Crippen LogP contribution in [0.2, 0.25) is 0 Å². The minimum Gasteiger partial charge on any atom is -0.508 e. The van der Waals surface area contributed by atoms with Gasteiger partial charge in [0.2, 0.25) is 0 Å². The topological polar surface area (TPSA) is 101 Å². The highest BCUT2D eigenvalue weighted by atomic mass is 16.7. The van der Waals surface area contributed by atoms with Gasteiger partial charge in [0.25, 0.3) is 0 Å². The Labute approximate surface area is 115 Å². The molecule has 2 heterocycles. The highest BCUT2D eigenvalue weighted by Crippen LogP contribution is 2.14. The van der Waals surface area contributed by atoms with Gasteiger partial charge in [-0.05, 0) is 12.1 Å². The quantitative estimate of drug-likeness (QED) is 0.629. The van der Waals surface area contributed by atoms with Gasteiger partial charge in [0.15, 0.2) is 0 Å². The smallest absolute Gasteiger partial charge is 0.508 e. The van der Waals surface area contributed by atoms with E-state index in [9.17, 15) is 4.79 Å². The molecule has 0 aliphatic carbocycles. The summed E-state index contributed by atoms with van der Waals surface area (Å²) in [5.41, 5.74) is 0. The first kappa shape index (κ1) is 14.4. The SMILES string of the molecule is O=C(OCC1CO1)OCC1CO1.Oc1cccc(O)c1. The van der Waals surface area contributed by atoms with Crippen molar-refractivity contribution in [3.8, 4) is 11.5 Å². The number of benzene rings is 1. The molecule has 0 radical (unpaired) electrons. The van der Waals surface area contributed by atoms with E-state index in [-0.39, 0.29) is 23.7 Å². The summed E-state index contributed by atoms with van der Waals surface area (Å²) in [6.45, 7) is 1.95. The molecule has 2 atom stereocenters. The number of phenolic OH excluding ortho intramolecular Hbond substituents is 2. The van der Waals surface area contributed by atoms with Gasteiger partial charge < -0.3 is 29.2 Å². The standard InChI is InChI=1S/C7H10O5.C6H6O2/c8-7(11-3-5-1-9-5)12-4-6-2-10-6;7-5-2-1-3-6(8)4-5/h5-6H,1-4H2;1-4,7-8H. The maximum atomic E-state index is 10.8. The van der Waals surface area contributed by atoms with Gasteiger partial charge >= 0.3 is 6.16 Å². The Balaban J connectivity index is 0.000000160. The summed E-state index contributed by atoms with van der Waals surface area (Å²) < 4.78 is 19.1. The highest BCUT2D eigenvalue weighted by Gasteiger charge is 2.27. The molecule has 0 aromatic heterocycles. The number of carbonyl (C=O) groups excluding carboxylic acids is 1. The van der Waals surface area contributed by atoms with Crippen molar-refractivity contribution in [2.24, 2.45) is 0 Å². The normalized spacial score (nSPS) is 22.2. The Bertz CT molecular complexity index is 405. The number of aromatic hydroxyl groups is 2. The fourth-order valence-corrected chi connectivity index (χ4v) is 1.19. The van der Waals surface area contributed by atoms with Crippen LogP contribution in [-0.4, -0.2) is 55.0 Å². The van der Waals surface area contributed by atoms with E-state index in [1.54, 1.807) is 6.07 Å². The van der Waals surface area contributed by atoms with Crippen molar-refractivity contribution in [1.82, 2.24) is 0 Å². The average molecular weight is 284 g/mol. The van der Waals surface area contributed by atoms with Gasteiger partial charge in [0.1, 0.15) is 36.9 Å². The number of hydrogen-bond acceptors (Lipinski definition) is 7. The molecular formula is C13H16O7. The van der Waals surface area contributed by atoms with Gasteiger partial charge in [-0.25, -0.2) is 4.79 Å². The molecule has 7 nitrogen and oxygen atoms in total. The van der Waals surface area contributed by atoms with Gasteiger partial charge in [-0.15, -0.1) is 0 Å². The largest absolute Gasteiger partial charge is 0.508 e. The van der Waals surface area contributed by atoms with E-state index in [0.717, 1.165) is 0 Å². The van der Waals surface area contributed by atoms with Crippen LogP contribution in [-0.2, 0) is 18.9 Å². The minimum atomic E-state index is -0.638. The van der Waals surface area contributed by atoms with E-state index < -0.39 is 6.16 Å². The highest BCUT2D eigenvalue weighted by molar-refractivity contribution is 5.59. The minimum absolute atomic E-state index is 0.0880. The Morgan fingerprint density at radius 1 is 1.10 bits per heavy atom. The molecule has 2 saturated heterocycles. The van der Waals surface area contributed by atoms with Crippen LogP contribution in [0.25, 0.3) is 0 Å². The molecule has 1 aromatic carbocycles. The summed E-state index contributed by atoms with van der Waals surface area (Å²) in [6, 6.07) is 5.85. The van der Waals surface area contributed by atoms with Crippen LogP contribution in [0.4, 0.5) is 4.79 Å². The Hall–Kier alpha value is -1.99. The van der Waals surface area contributed by atoms with Crippen molar-refractivity contribution in [2.75, 3.05) is 26.4 Å². The maximum Gasteiger partial charge on any atom is 0.508 e. The second kappa shape index (κ2) is 6.97. The molecule has 0 spiro atoms. The fraction of sp³-hybridized carbons (Fsp3) is 0.462. The van der Waals surface area contributed by atoms with Crippen molar-refractivity contribution in [3.63, 3.8) is 0 Å². The summed E-state index contributed by atoms with van der Waals surface area (Å²) in [7, 11) is 0. The predicted molar refractivity (Wildman–Crippen MR) is 66.6 cm³/mol. The third-order valence-electron chi connectivity index (χ3n) is 2.41. The molecule has 7 heteroatoms. The zero-order valence-electron chi connectivity index (χ0n) is 10.7. The van der Waals surface area contributed by atoms with E-state index in [0.29, 0.717) is 26.4 Å². The van der Waals surface area contributed by atoms with E-state index >= 15 is 0 Å². The number of carbonyl (C=O) groups is 1. The molecule has 1 aromatic rings. The van der Waals surface area contributed by atoms with Gasteiger partial charge in [0, 0.05) is 6.07 Å². The first-order valence-electron chi connectivity index (χ1n) is 6.14. The summed E-state index contributed by atoms with van der Waals surface area (Å²) >= 11 is 0. The van der Waals surface area contributed by atoms with Crippen LogP contribution in [0.5, 0.6) is 11.5 Å². The Morgan fingerprint density at radius 3 is 1.85 bits per heavy atom. The van der Waals surface area contributed by atoms with Crippen molar-refractivity contribution in [3.05, 3.63) is 24.3 Å². The first-order valence-corrected chi connectivity index (χ1v) is 6.14. The lowest BCUT2D eigenvalue weighted by atomic mass is 10.3. The molecule has 0 amide bonds. The number of ether oxygens (including phenoxy) is 4. The van der Waals surface area contributed by atoms with E-state index in [1.165, 1.54) is 18.2 Å².